The molecule has 0 spiro atoms. The first kappa shape index (κ1) is 21.6. The third kappa shape index (κ3) is 4.91. The molecular weight excluding hydrogens is 396 g/mol. The minimum Gasteiger partial charge on any atom is -0.339 e. The van der Waals surface area contributed by atoms with E-state index in [1.54, 1.807) is 29.2 Å². The van der Waals surface area contributed by atoms with Crippen LogP contribution in [-0.4, -0.2) is 45.1 Å². The van der Waals surface area contributed by atoms with Gasteiger partial charge in [-0.3, -0.25) is 9.59 Å². The second-order valence-corrected chi connectivity index (χ2v) is 7.62. The molecule has 2 amide bonds. The molecule has 0 bridgehead atoms. The maximum Gasteiger partial charge on any atom is 0.253 e. The zero-order valence-corrected chi connectivity index (χ0v) is 18.1. The Bertz CT molecular complexity index is 1040. The van der Waals surface area contributed by atoms with Crippen LogP contribution in [0.4, 0.5) is 5.69 Å². The van der Waals surface area contributed by atoms with Crippen LogP contribution in [0.1, 0.15) is 24.2 Å². The number of nitrogens with one attached hydrogen (secondary N) is 1. The Labute approximate surface area is 181 Å². The number of hydrogen-bond donors (Lipinski definition) is 1. The fourth-order valence-corrected chi connectivity index (χ4v) is 4.01. The van der Waals surface area contributed by atoms with Gasteiger partial charge in [0.25, 0.3) is 5.91 Å². The Kier molecular flexibility index (Phi) is 7.30. The van der Waals surface area contributed by atoms with E-state index in [0.717, 1.165) is 16.2 Å². The van der Waals surface area contributed by atoms with Crippen LogP contribution in [0.25, 0.3) is 11.0 Å². The molecule has 1 aromatic heterocycles. The van der Waals surface area contributed by atoms with E-state index in [1.807, 2.05) is 48.8 Å². The molecule has 156 valence electrons. The van der Waals surface area contributed by atoms with Crippen molar-refractivity contribution in [2.75, 3.05) is 24.2 Å². The number of amides is 2. The van der Waals surface area contributed by atoms with Crippen LogP contribution < -0.4 is 5.32 Å². The summed E-state index contributed by atoms with van der Waals surface area (Å²) in [6, 6.07) is 14.9. The first-order valence-electron chi connectivity index (χ1n) is 9.95. The first-order chi connectivity index (χ1) is 14.6. The highest BCUT2D eigenvalue weighted by Crippen LogP contribution is 2.24. The molecule has 1 N–H and O–H groups in total. The summed E-state index contributed by atoms with van der Waals surface area (Å²) in [5.41, 5.74) is 3.20. The van der Waals surface area contributed by atoms with Gasteiger partial charge in [0.2, 0.25) is 5.91 Å². The van der Waals surface area contributed by atoms with Crippen molar-refractivity contribution in [1.82, 2.24) is 14.5 Å². The largest absolute Gasteiger partial charge is 0.339 e. The van der Waals surface area contributed by atoms with Gasteiger partial charge in [0.15, 0.2) is 5.16 Å². The van der Waals surface area contributed by atoms with Crippen molar-refractivity contribution in [3.05, 3.63) is 66.7 Å². The van der Waals surface area contributed by atoms with Crippen LogP contribution in [0, 0.1) is 0 Å². The summed E-state index contributed by atoms with van der Waals surface area (Å²) >= 11 is 1.39. The SMILES string of the molecule is C=CCn1c(SCC(=O)Nc2ccc(C(=O)N(CC)CC)cc2)nc2ccccc21. The first-order valence-corrected chi connectivity index (χ1v) is 10.9. The molecule has 3 rings (SSSR count). The number of carbonyl (C=O) groups is 2. The van der Waals surface area contributed by atoms with Crippen LogP contribution >= 0.6 is 11.8 Å². The highest BCUT2D eigenvalue weighted by atomic mass is 32.2. The van der Waals surface area contributed by atoms with Gasteiger partial charge in [0, 0.05) is 30.9 Å². The maximum absolute atomic E-state index is 12.4. The Morgan fingerprint density at radius 2 is 1.83 bits per heavy atom. The predicted octanol–water partition coefficient (Wildman–Crippen LogP) is 4.44. The fraction of sp³-hybridized carbons (Fsp3) is 0.261. The van der Waals surface area contributed by atoms with Gasteiger partial charge in [0.1, 0.15) is 0 Å². The van der Waals surface area contributed by atoms with Gasteiger partial charge in [-0.25, -0.2) is 4.98 Å². The van der Waals surface area contributed by atoms with E-state index >= 15 is 0 Å². The number of rotatable bonds is 9. The van der Waals surface area contributed by atoms with Gasteiger partial charge < -0.3 is 14.8 Å². The lowest BCUT2D eigenvalue weighted by Crippen LogP contribution is -2.30. The molecule has 2 aromatic carbocycles. The molecule has 0 aliphatic rings. The number of imidazole rings is 1. The van der Waals surface area contributed by atoms with Crippen molar-refractivity contribution in [2.45, 2.75) is 25.5 Å². The number of aromatic nitrogens is 2. The molecule has 0 aliphatic heterocycles. The molecule has 0 saturated heterocycles. The van der Waals surface area contributed by atoms with Gasteiger partial charge in [-0.1, -0.05) is 30.0 Å². The zero-order valence-electron chi connectivity index (χ0n) is 17.3. The van der Waals surface area contributed by atoms with E-state index in [4.69, 9.17) is 0 Å². The van der Waals surface area contributed by atoms with E-state index in [1.165, 1.54) is 11.8 Å². The van der Waals surface area contributed by atoms with Gasteiger partial charge in [-0.2, -0.15) is 0 Å². The van der Waals surface area contributed by atoms with E-state index < -0.39 is 0 Å². The maximum atomic E-state index is 12.4. The van der Waals surface area contributed by atoms with Crippen LogP contribution in [-0.2, 0) is 11.3 Å². The van der Waals surface area contributed by atoms with Crippen LogP contribution in [0.2, 0.25) is 0 Å². The minimum atomic E-state index is -0.125. The Morgan fingerprint density at radius 3 is 2.50 bits per heavy atom. The lowest BCUT2D eigenvalue weighted by Gasteiger charge is -2.18. The third-order valence-electron chi connectivity index (χ3n) is 4.73. The van der Waals surface area contributed by atoms with Gasteiger partial charge in [-0.15, -0.1) is 6.58 Å². The smallest absolute Gasteiger partial charge is 0.253 e. The summed E-state index contributed by atoms with van der Waals surface area (Å²) in [7, 11) is 0. The summed E-state index contributed by atoms with van der Waals surface area (Å²) in [6.07, 6.45) is 1.82. The summed E-state index contributed by atoms with van der Waals surface area (Å²) in [6.45, 7) is 9.69. The highest BCUT2D eigenvalue weighted by Gasteiger charge is 2.14. The average Bonchev–Trinajstić information content (AvgIpc) is 3.11. The predicted molar refractivity (Wildman–Crippen MR) is 123 cm³/mol. The summed E-state index contributed by atoms with van der Waals surface area (Å²) < 4.78 is 2.05. The Hall–Kier alpha value is -3.06. The number of thioether (sulfide) groups is 1. The van der Waals surface area contributed by atoms with E-state index in [-0.39, 0.29) is 17.6 Å². The molecule has 3 aromatic rings. The van der Waals surface area contributed by atoms with Gasteiger partial charge in [-0.05, 0) is 50.2 Å². The molecule has 0 radical (unpaired) electrons. The van der Waals surface area contributed by atoms with Crippen molar-refractivity contribution in [3.8, 4) is 0 Å². The van der Waals surface area contributed by atoms with Crippen molar-refractivity contribution in [1.29, 1.82) is 0 Å². The highest BCUT2D eigenvalue weighted by molar-refractivity contribution is 7.99. The van der Waals surface area contributed by atoms with Crippen LogP contribution in [0.15, 0.2) is 66.3 Å². The number of carbonyl (C=O) groups excluding carboxylic acids is 2. The lowest BCUT2D eigenvalue weighted by molar-refractivity contribution is -0.113. The number of para-hydroxylation sites is 2. The fourth-order valence-electron chi connectivity index (χ4n) is 3.19. The minimum absolute atomic E-state index is 0.00504. The second-order valence-electron chi connectivity index (χ2n) is 6.67. The number of fused-ring (bicyclic) bond motifs is 1. The zero-order chi connectivity index (χ0) is 21.5. The molecule has 30 heavy (non-hydrogen) atoms. The molecule has 7 heteroatoms. The molecule has 0 aliphatic carbocycles. The summed E-state index contributed by atoms with van der Waals surface area (Å²) in [5.74, 6) is 0.107. The number of nitrogens with zero attached hydrogens (tertiary/aromatic N) is 3. The Morgan fingerprint density at radius 1 is 1.13 bits per heavy atom. The topological polar surface area (TPSA) is 67.2 Å². The van der Waals surface area contributed by atoms with E-state index in [9.17, 15) is 9.59 Å². The van der Waals surface area contributed by atoms with Crippen molar-refractivity contribution in [2.24, 2.45) is 0 Å². The van der Waals surface area contributed by atoms with E-state index in [2.05, 4.69) is 16.9 Å². The number of anilines is 1. The quantitative estimate of drug-likeness (QED) is 0.409. The van der Waals surface area contributed by atoms with E-state index in [0.29, 0.717) is 30.9 Å². The average molecular weight is 423 g/mol. The molecule has 0 fully saturated rings. The molecule has 0 saturated carbocycles. The molecule has 6 nitrogen and oxygen atoms in total. The van der Waals surface area contributed by atoms with Crippen molar-refractivity contribution < 1.29 is 9.59 Å². The molecule has 0 atom stereocenters. The number of benzene rings is 2. The summed E-state index contributed by atoms with van der Waals surface area (Å²) in [4.78, 5) is 31.2. The van der Waals surface area contributed by atoms with Crippen LogP contribution in [0.5, 0.6) is 0 Å². The lowest BCUT2D eigenvalue weighted by atomic mass is 10.2. The summed E-state index contributed by atoms with van der Waals surface area (Å²) in [5, 5.41) is 3.66. The third-order valence-corrected chi connectivity index (χ3v) is 5.71. The van der Waals surface area contributed by atoms with Gasteiger partial charge in [0.05, 0.1) is 16.8 Å². The molecule has 0 unspecified atom stereocenters. The van der Waals surface area contributed by atoms with Crippen molar-refractivity contribution >= 4 is 40.3 Å². The molecular formula is C23H26N4O2S. The van der Waals surface area contributed by atoms with Crippen LogP contribution in [0.3, 0.4) is 0 Å². The molecule has 1 heterocycles. The number of allylic oxidation sites excluding steroid dienone is 1. The second kappa shape index (κ2) is 10.1. The normalized spacial score (nSPS) is 10.7. The number of hydrogen-bond acceptors (Lipinski definition) is 4. The Balaban J connectivity index is 1.62. The standard InChI is InChI=1S/C23H26N4O2S/c1-4-15-27-20-10-8-7-9-19(20)25-23(27)30-16-21(28)24-18-13-11-17(12-14-18)22(29)26(5-2)6-3/h4,7-14H,1,5-6,15-16H2,2-3H3,(H,24,28). The van der Waals surface area contributed by atoms with Crippen molar-refractivity contribution in [3.63, 3.8) is 0 Å². The monoisotopic (exact) mass is 422 g/mol. The van der Waals surface area contributed by atoms with Gasteiger partial charge >= 0.3 is 0 Å².